The van der Waals surface area contributed by atoms with Crippen LogP contribution in [0.25, 0.3) is 0 Å². The van der Waals surface area contributed by atoms with Crippen molar-refractivity contribution >= 4 is 17.8 Å². The van der Waals surface area contributed by atoms with Crippen molar-refractivity contribution in [2.45, 2.75) is 72.3 Å². The molecule has 0 bridgehead atoms. The molecule has 3 rings (SSSR count). The van der Waals surface area contributed by atoms with E-state index >= 15 is 0 Å². The number of aromatic nitrogens is 1. The normalized spacial score (nSPS) is 19.0. The van der Waals surface area contributed by atoms with Crippen LogP contribution in [0.2, 0.25) is 0 Å². The van der Waals surface area contributed by atoms with Gasteiger partial charge in [-0.05, 0) is 57.9 Å². The number of rotatable bonds is 6. The molecule has 1 saturated heterocycles. The van der Waals surface area contributed by atoms with E-state index in [1.54, 1.807) is 20.8 Å². The van der Waals surface area contributed by atoms with Crippen molar-refractivity contribution in [1.29, 1.82) is 0 Å². The van der Waals surface area contributed by atoms with Crippen molar-refractivity contribution in [2.24, 2.45) is 11.8 Å². The number of carbonyl (C=O) groups excluding carboxylic acids is 3. The Morgan fingerprint density at radius 1 is 1.13 bits per heavy atom. The first-order chi connectivity index (χ1) is 14.3. The number of hydrogen-bond acceptors (Lipinski definition) is 4. The SMILES string of the molecule is CCOC(=O)c1c(C)[nH]c(C(=O)N2CCC([C@@H](C)C(=O)NC3CCCC3)CC2)c1C. The fourth-order valence-electron chi connectivity index (χ4n) is 4.85. The van der Waals surface area contributed by atoms with Gasteiger partial charge < -0.3 is 19.9 Å². The summed E-state index contributed by atoms with van der Waals surface area (Å²) in [6.07, 6.45) is 6.22. The molecule has 1 saturated carbocycles. The number of esters is 1. The Morgan fingerprint density at radius 3 is 2.37 bits per heavy atom. The zero-order valence-corrected chi connectivity index (χ0v) is 18.7. The average molecular weight is 418 g/mol. The predicted octanol–water partition coefficient (Wildman–Crippen LogP) is 3.36. The lowest BCUT2D eigenvalue weighted by Gasteiger charge is -2.34. The standard InChI is InChI=1S/C23H35N3O4/c1-5-30-23(29)19-15(3)20(24-16(19)4)22(28)26-12-10-17(11-13-26)14(2)21(27)25-18-8-6-7-9-18/h14,17-18,24H,5-13H2,1-4H3,(H,25,27)/t14-/m1/s1. The zero-order valence-electron chi connectivity index (χ0n) is 18.7. The molecule has 166 valence electrons. The van der Waals surface area contributed by atoms with Crippen molar-refractivity contribution in [3.63, 3.8) is 0 Å². The van der Waals surface area contributed by atoms with Gasteiger partial charge in [0, 0.05) is 30.7 Å². The monoisotopic (exact) mass is 417 g/mol. The maximum Gasteiger partial charge on any atom is 0.340 e. The fourth-order valence-corrected chi connectivity index (χ4v) is 4.85. The Balaban J connectivity index is 1.58. The van der Waals surface area contributed by atoms with Crippen molar-refractivity contribution in [3.05, 3.63) is 22.5 Å². The third kappa shape index (κ3) is 4.71. The van der Waals surface area contributed by atoms with E-state index < -0.39 is 5.97 Å². The van der Waals surface area contributed by atoms with Crippen LogP contribution in [0.3, 0.4) is 0 Å². The Bertz CT molecular complexity index is 787. The van der Waals surface area contributed by atoms with Crippen molar-refractivity contribution < 1.29 is 19.1 Å². The molecule has 1 atom stereocenters. The van der Waals surface area contributed by atoms with Gasteiger partial charge in [0.05, 0.1) is 12.2 Å². The van der Waals surface area contributed by atoms with Gasteiger partial charge in [0.1, 0.15) is 5.69 Å². The fraction of sp³-hybridized carbons (Fsp3) is 0.696. The van der Waals surface area contributed by atoms with Gasteiger partial charge in [0.2, 0.25) is 5.91 Å². The summed E-state index contributed by atoms with van der Waals surface area (Å²) in [5.41, 5.74) is 2.21. The topological polar surface area (TPSA) is 91.5 Å². The lowest BCUT2D eigenvalue weighted by molar-refractivity contribution is -0.127. The number of likely N-dealkylation sites (tertiary alicyclic amines) is 1. The van der Waals surface area contributed by atoms with Gasteiger partial charge in [-0.2, -0.15) is 0 Å². The molecule has 2 aliphatic rings. The number of H-pyrrole nitrogens is 1. The minimum absolute atomic E-state index is 0.0345. The number of piperidine rings is 1. The molecule has 1 aromatic heterocycles. The van der Waals surface area contributed by atoms with E-state index in [9.17, 15) is 14.4 Å². The van der Waals surface area contributed by atoms with E-state index in [2.05, 4.69) is 10.3 Å². The maximum absolute atomic E-state index is 13.1. The Labute approximate surface area is 178 Å². The number of aryl methyl sites for hydroxylation is 1. The predicted molar refractivity (Wildman–Crippen MR) is 114 cm³/mol. The molecular weight excluding hydrogens is 382 g/mol. The highest BCUT2D eigenvalue weighted by Crippen LogP contribution is 2.28. The summed E-state index contributed by atoms with van der Waals surface area (Å²) < 4.78 is 5.12. The highest BCUT2D eigenvalue weighted by atomic mass is 16.5. The zero-order chi connectivity index (χ0) is 21.8. The van der Waals surface area contributed by atoms with Gasteiger partial charge in [-0.3, -0.25) is 9.59 Å². The van der Waals surface area contributed by atoms with Crippen LogP contribution in [-0.2, 0) is 9.53 Å². The van der Waals surface area contributed by atoms with Crippen molar-refractivity contribution in [3.8, 4) is 0 Å². The summed E-state index contributed by atoms with van der Waals surface area (Å²) in [5.74, 6) is -0.0809. The van der Waals surface area contributed by atoms with Gasteiger partial charge in [0.15, 0.2) is 0 Å². The Kier molecular flexibility index (Phi) is 7.21. The van der Waals surface area contributed by atoms with Crippen LogP contribution in [-0.4, -0.2) is 53.4 Å². The largest absolute Gasteiger partial charge is 0.462 e. The number of carbonyl (C=O) groups is 3. The van der Waals surface area contributed by atoms with Crippen LogP contribution >= 0.6 is 0 Å². The van der Waals surface area contributed by atoms with Crippen molar-refractivity contribution in [2.75, 3.05) is 19.7 Å². The summed E-state index contributed by atoms with van der Waals surface area (Å²) in [7, 11) is 0. The second kappa shape index (κ2) is 9.67. The number of nitrogens with zero attached hydrogens (tertiary/aromatic N) is 1. The van der Waals surface area contributed by atoms with Gasteiger partial charge in [-0.15, -0.1) is 0 Å². The maximum atomic E-state index is 13.1. The third-order valence-electron chi connectivity index (χ3n) is 6.78. The van der Waals surface area contributed by atoms with Crippen LogP contribution in [0.5, 0.6) is 0 Å². The summed E-state index contributed by atoms with van der Waals surface area (Å²) in [6.45, 7) is 8.88. The van der Waals surface area contributed by atoms with Crippen LogP contribution in [0.15, 0.2) is 0 Å². The first-order valence-corrected chi connectivity index (χ1v) is 11.3. The van der Waals surface area contributed by atoms with Gasteiger partial charge in [-0.25, -0.2) is 4.79 Å². The number of aromatic amines is 1. The summed E-state index contributed by atoms with van der Waals surface area (Å²) in [4.78, 5) is 42.8. The molecule has 2 heterocycles. The first-order valence-electron chi connectivity index (χ1n) is 11.3. The molecule has 0 unspecified atom stereocenters. The molecule has 2 N–H and O–H groups in total. The summed E-state index contributed by atoms with van der Waals surface area (Å²) in [5, 5.41) is 3.20. The highest BCUT2D eigenvalue weighted by molar-refractivity contribution is 6.00. The van der Waals surface area contributed by atoms with Gasteiger partial charge in [0.25, 0.3) is 5.91 Å². The number of hydrogen-bond donors (Lipinski definition) is 2. The van der Waals surface area contributed by atoms with E-state index in [0.29, 0.717) is 48.3 Å². The Morgan fingerprint density at radius 2 is 1.77 bits per heavy atom. The van der Waals surface area contributed by atoms with Crippen LogP contribution in [0.4, 0.5) is 0 Å². The number of amides is 2. The van der Waals surface area contributed by atoms with Gasteiger partial charge in [-0.1, -0.05) is 19.8 Å². The molecule has 7 nitrogen and oxygen atoms in total. The minimum Gasteiger partial charge on any atom is -0.462 e. The van der Waals surface area contributed by atoms with Crippen LogP contribution < -0.4 is 5.32 Å². The molecule has 1 aromatic rings. The third-order valence-corrected chi connectivity index (χ3v) is 6.78. The molecule has 1 aliphatic heterocycles. The van der Waals surface area contributed by atoms with E-state index in [0.717, 1.165) is 25.7 Å². The molecular formula is C23H35N3O4. The van der Waals surface area contributed by atoms with Crippen LogP contribution in [0, 0.1) is 25.7 Å². The van der Waals surface area contributed by atoms with Crippen LogP contribution in [0.1, 0.15) is 84.5 Å². The average Bonchev–Trinajstić information content (AvgIpc) is 3.34. The highest BCUT2D eigenvalue weighted by Gasteiger charge is 2.33. The van der Waals surface area contributed by atoms with E-state index in [4.69, 9.17) is 4.74 Å². The molecule has 7 heteroatoms. The molecule has 2 amide bonds. The van der Waals surface area contributed by atoms with E-state index in [1.165, 1.54) is 12.8 Å². The first kappa shape index (κ1) is 22.4. The second-order valence-corrected chi connectivity index (χ2v) is 8.75. The molecule has 0 aromatic carbocycles. The minimum atomic E-state index is -0.399. The molecule has 30 heavy (non-hydrogen) atoms. The molecule has 2 fully saturated rings. The smallest absolute Gasteiger partial charge is 0.340 e. The molecule has 0 radical (unpaired) electrons. The quantitative estimate of drug-likeness (QED) is 0.695. The number of nitrogens with one attached hydrogen (secondary N) is 2. The molecule has 1 aliphatic carbocycles. The molecule has 0 spiro atoms. The number of ether oxygens (including phenoxy) is 1. The van der Waals surface area contributed by atoms with Gasteiger partial charge >= 0.3 is 5.97 Å². The lowest BCUT2D eigenvalue weighted by atomic mass is 9.84. The summed E-state index contributed by atoms with van der Waals surface area (Å²) in [6, 6.07) is 0.342. The second-order valence-electron chi connectivity index (χ2n) is 8.75. The van der Waals surface area contributed by atoms with Crippen molar-refractivity contribution in [1.82, 2.24) is 15.2 Å². The summed E-state index contributed by atoms with van der Waals surface area (Å²) >= 11 is 0. The van der Waals surface area contributed by atoms with E-state index in [-0.39, 0.29) is 23.7 Å². The Hall–Kier alpha value is -2.31. The van der Waals surface area contributed by atoms with E-state index in [1.807, 2.05) is 11.8 Å². The lowest BCUT2D eigenvalue weighted by Crippen LogP contribution is -2.44.